The van der Waals surface area contributed by atoms with E-state index in [9.17, 15) is 0 Å². The van der Waals surface area contributed by atoms with Gasteiger partial charge in [0.1, 0.15) is 0 Å². The first-order valence-corrected chi connectivity index (χ1v) is 3.36. The Balaban J connectivity index is 0.000000810. The molecule has 10 heavy (non-hydrogen) atoms. The SMILES string of the molecule is Cc1cccc(C)c1[S-].[K+]. The summed E-state index contributed by atoms with van der Waals surface area (Å²) in [5.41, 5.74) is 2.40. The average Bonchev–Trinajstić information content (AvgIpc) is 1.83. The number of hydrogen-bond acceptors (Lipinski definition) is 1. The Bertz CT molecular complexity index is 200. The van der Waals surface area contributed by atoms with Gasteiger partial charge in [0.2, 0.25) is 0 Å². The molecule has 0 aromatic heterocycles. The van der Waals surface area contributed by atoms with E-state index in [1.807, 2.05) is 32.0 Å². The van der Waals surface area contributed by atoms with Gasteiger partial charge in [0, 0.05) is 0 Å². The number of hydrogen-bond donors (Lipinski definition) is 0. The molecule has 0 aliphatic heterocycles. The summed E-state index contributed by atoms with van der Waals surface area (Å²) in [6, 6.07) is 6.10. The molecule has 0 saturated heterocycles. The number of aryl methyl sites for hydroxylation is 2. The molecule has 0 nitrogen and oxygen atoms in total. The van der Waals surface area contributed by atoms with Crippen molar-refractivity contribution in [3.63, 3.8) is 0 Å². The van der Waals surface area contributed by atoms with E-state index >= 15 is 0 Å². The Labute approximate surface area is 110 Å². The first-order valence-electron chi connectivity index (χ1n) is 2.95. The summed E-state index contributed by atoms with van der Waals surface area (Å²) < 4.78 is 0. The quantitative estimate of drug-likeness (QED) is 0.369. The van der Waals surface area contributed by atoms with E-state index in [1.54, 1.807) is 0 Å². The molecule has 0 unspecified atom stereocenters. The van der Waals surface area contributed by atoms with Crippen molar-refractivity contribution >= 4 is 12.6 Å². The van der Waals surface area contributed by atoms with Crippen LogP contribution in [0.4, 0.5) is 0 Å². The molecule has 1 rings (SSSR count). The third kappa shape index (κ3) is 2.60. The van der Waals surface area contributed by atoms with E-state index in [-0.39, 0.29) is 51.4 Å². The Morgan fingerprint density at radius 1 is 1.10 bits per heavy atom. The van der Waals surface area contributed by atoms with Crippen LogP contribution in [0.5, 0.6) is 0 Å². The molecule has 1 aromatic rings. The molecule has 48 valence electrons. The molecule has 0 spiro atoms. The van der Waals surface area contributed by atoms with E-state index < -0.39 is 0 Å². The van der Waals surface area contributed by atoms with Crippen molar-refractivity contribution in [3.8, 4) is 0 Å². The first-order chi connectivity index (χ1) is 4.22. The van der Waals surface area contributed by atoms with Crippen LogP contribution in [0, 0.1) is 13.8 Å². The Kier molecular flexibility index (Phi) is 5.38. The van der Waals surface area contributed by atoms with Crippen LogP contribution in [-0.4, -0.2) is 0 Å². The standard InChI is InChI=1S/C8H10S.K/c1-6-4-3-5-7(2)8(6)9;/h3-5,9H,1-2H3;/q;+1/p-1. The van der Waals surface area contributed by atoms with Crippen molar-refractivity contribution in [2.24, 2.45) is 0 Å². The van der Waals surface area contributed by atoms with Gasteiger partial charge in [-0.15, -0.1) is 0 Å². The second-order valence-electron chi connectivity index (χ2n) is 2.22. The second kappa shape index (κ2) is 4.85. The van der Waals surface area contributed by atoms with Gasteiger partial charge in [0.15, 0.2) is 0 Å². The monoisotopic (exact) mass is 176 g/mol. The van der Waals surface area contributed by atoms with Crippen LogP contribution in [0.25, 0.3) is 0 Å². The average molecular weight is 176 g/mol. The summed E-state index contributed by atoms with van der Waals surface area (Å²) in [4.78, 5) is 0.998. The molecule has 0 fully saturated rings. The van der Waals surface area contributed by atoms with E-state index in [0.717, 1.165) is 4.90 Å². The van der Waals surface area contributed by atoms with E-state index in [4.69, 9.17) is 12.6 Å². The number of benzene rings is 1. The van der Waals surface area contributed by atoms with E-state index in [1.165, 1.54) is 11.1 Å². The Morgan fingerprint density at radius 2 is 1.50 bits per heavy atom. The maximum atomic E-state index is 5.09. The van der Waals surface area contributed by atoms with Crippen LogP contribution in [0.1, 0.15) is 11.1 Å². The third-order valence-electron chi connectivity index (χ3n) is 1.41. The summed E-state index contributed by atoms with van der Waals surface area (Å²) in [7, 11) is 0. The molecular formula is C8H9KS. The molecular weight excluding hydrogens is 167 g/mol. The largest absolute Gasteiger partial charge is 1.00 e. The molecule has 1 aromatic carbocycles. The maximum absolute atomic E-state index is 5.09. The van der Waals surface area contributed by atoms with Gasteiger partial charge in [0.05, 0.1) is 0 Å². The van der Waals surface area contributed by atoms with Gasteiger partial charge in [-0.05, 0) is 13.8 Å². The molecule has 0 saturated carbocycles. The van der Waals surface area contributed by atoms with Crippen LogP contribution in [0.15, 0.2) is 23.1 Å². The molecule has 0 atom stereocenters. The molecule has 0 bridgehead atoms. The molecule has 0 aliphatic rings. The van der Waals surface area contributed by atoms with Crippen LogP contribution < -0.4 is 51.4 Å². The van der Waals surface area contributed by atoms with E-state index in [2.05, 4.69) is 0 Å². The topological polar surface area (TPSA) is 0 Å². The second-order valence-corrected chi connectivity index (χ2v) is 2.63. The first kappa shape index (κ1) is 11.1. The fourth-order valence-corrected chi connectivity index (χ4v) is 0.935. The fourth-order valence-electron chi connectivity index (χ4n) is 0.799. The maximum Gasteiger partial charge on any atom is 1.00 e. The summed E-state index contributed by atoms with van der Waals surface area (Å²) in [5, 5.41) is 0. The van der Waals surface area contributed by atoms with Crippen molar-refractivity contribution in [3.05, 3.63) is 29.3 Å². The zero-order chi connectivity index (χ0) is 6.85. The zero-order valence-corrected chi connectivity index (χ0v) is 10.6. The van der Waals surface area contributed by atoms with Crippen LogP contribution >= 0.6 is 0 Å². The van der Waals surface area contributed by atoms with Gasteiger partial charge in [-0.25, -0.2) is 0 Å². The van der Waals surface area contributed by atoms with Gasteiger partial charge < -0.3 is 12.6 Å². The van der Waals surface area contributed by atoms with Crippen molar-refractivity contribution < 1.29 is 51.4 Å². The summed E-state index contributed by atoms with van der Waals surface area (Å²) >= 11 is 5.09. The Hall–Kier alpha value is 1.08. The zero-order valence-electron chi connectivity index (χ0n) is 6.64. The van der Waals surface area contributed by atoms with Gasteiger partial charge in [-0.2, -0.15) is 4.90 Å². The minimum absolute atomic E-state index is 0. The molecule has 2 heteroatoms. The minimum atomic E-state index is 0. The van der Waals surface area contributed by atoms with Crippen molar-refractivity contribution in [1.29, 1.82) is 0 Å². The molecule has 0 heterocycles. The van der Waals surface area contributed by atoms with Crippen LogP contribution in [-0.2, 0) is 12.6 Å². The van der Waals surface area contributed by atoms with Gasteiger partial charge in [-0.1, -0.05) is 29.3 Å². The number of rotatable bonds is 0. The minimum Gasteiger partial charge on any atom is -0.779 e. The Morgan fingerprint density at radius 3 is 1.80 bits per heavy atom. The van der Waals surface area contributed by atoms with Crippen molar-refractivity contribution in [2.45, 2.75) is 18.7 Å². The third-order valence-corrected chi connectivity index (χ3v) is 2.05. The molecule has 0 aliphatic carbocycles. The fraction of sp³-hybridized carbons (Fsp3) is 0.250. The van der Waals surface area contributed by atoms with Gasteiger partial charge in [0.25, 0.3) is 0 Å². The molecule has 0 amide bonds. The van der Waals surface area contributed by atoms with Crippen LogP contribution in [0.2, 0.25) is 0 Å². The van der Waals surface area contributed by atoms with Crippen LogP contribution in [0.3, 0.4) is 0 Å². The normalized spacial score (nSPS) is 8.60. The predicted molar refractivity (Wildman–Crippen MR) is 41.5 cm³/mol. The summed E-state index contributed by atoms with van der Waals surface area (Å²) in [6.45, 7) is 4.07. The van der Waals surface area contributed by atoms with Gasteiger partial charge >= 0.3 is 51.4 Å². The van der Waals surface area contributed by atoms with E-state index in [0.29, 0.717) is 0 Å². The molecule has 0 radical (unpaired) electrons. The summed E-state index contributed by atoms with van der Waals surface area (Å²) in [6.07, 6.45) is 0. The summed E-state index contributed by atoms with van der Waals surface area (Å²) in [5.74, 6) is 0. The molecule has 0 N–H and O–H groups in total. The van der Waals surface area contributed by atoms with Crippen molar-refractivity contribution in [2.75, 3.05) is 0 Å². The van der Waals surface area contributed by atoms with Gasteiger partial charge in [-0.3, -0.25) is 0 Å². The van der Waals surface area contributed by atoms with Crippen molar-refractivity contribution in [1.82, 2.24) is 0 Å². The smallest absolute Gasteiger partial charge is 0.779 e. The predicted octanol–water partition coefficient (Wildman–Crippen LogP) is -0.787.